The standard InChI is InChI=1S/C29H26/c1-19-11-14-22(15-12-19)25-17-24-9-6-7-20(2)28(24)27(18-25)29-21(3)13-16-23-8-4-5-10-26(23)29/h4-12,14-15,17-18H,13,16H2,1-3H3. The molecule has 0 spiro atoms. The van der Waals surface area contributed by atoms with E-state index < -0.39 is 0 Å². The lowest BCUT2D eigenvalue weighted by atomic mass is 9.80. The van der Waals surface area contributed by atoms with Gasteiger partial charge >= 0.3 is 0 Å². The van der Waals surface area contributed by atoms with E-state index in [9.17, 15) is 0 Å². The van der Waals surface area contributed by atoms with Gasteiger partial charge in [-0.15, -0.1) is 0 Å². The molecule has 0 radical (unpaired) electrons. The van der Waals surface area contributed by atoms with Crippen molar-refractivity contribution in [3.8, 4) is 11.1 Å². The Morgan fingerprint density at radius 3 is 2.24 bits per heavy atom. The van der Waals surface area contributed by atoms with E-state index in [1.165, 1.54) is 60.9 Å². The molecule has 0 saturated heterocycles. The third-order valence-corrected chi connectivity index (χ3v) is 6.32. The number of rotatable bonds is 2. The first-order valence-electron chi connectivity index (χ1n) is 10.5. The van der Waals surface area contributed by atoms with Crippen LogP contribution in [0, 0.1) is 13.8 Å². The van der Waals surface area contributed by atoms with E-state index in [-0.39, 0.29) is 0 Å². The zero-order valence-corrected chi connectivity index (χ0v) is 17.4. The van der Waals surface area contributed by atoms with Crippen molar-refractivity contribution in [2.24, 2.45) is 0 Å². The van der Waals surface area contributed by atoms with Gasteiger partial charge in [0, 0.05) is 0 Å². The summed E-state index contributed by atoms with van der Waals surface area (Å²) in [5.41, 5.74) is 12.4. The number of hydrogen-bond donors (Lipinski definition) is 0. The van der Waals surface area contributed by atoms with Crippen LogP contribution < -0.4 is 0 Å². The summed E-state index contributed by atoms with van der Waals surface area (Å²) in [5, 5.41) is 2.70. The van der Waals surface area contributed by atoms with E-state index in [0.29, 0.717) is 0 Å². The largest absolute Gasteiger partial charge is 0.0645 e. The molecule has 0 saturated carbocycles. The number of benzene rings is 4. The van der Waals surface area contributed by atoms with Crippen LogP contribution in [0.1, 0.15) is 41.2 Å². The normalized spacial score (nSPS) is 13.6. The van der Waals surface area contributed by atoms with Crippen molar-refractivity contribution in [3.63, 3.8) is 0 Å². The molecule has 1 aliphatic rings. The Labute approximate surface area is 173 Å². The average molecular weight is 375 g/mol. The lowest BCUT2D eigenvalue weighted by molar-refractivity contribution is 0.919. The molecule has 0 atom stereocenters. The maximum absolute atomic E-state index is 2.42. The minimum Gasteiger partial charge on any atom is -0.0645 e. The molecule has 0 aromatic heterocycles. The molecule has 4 aromatic carbocycles. The number of hydrogen-bond acceptors (Lipinski definition) is 0. The third kappa shape index (κ3) is 3.09. The molecule has 0 heteroatoms. The molecule has 0 N–H and O–H groups in total. The number of fused-ring (bicyclic) bond motifs is 2. The minimum absolute atomic E-state index is 1.13. The second-order valence-corrected chi connectivity index (χ2v) is 8.38. The van der Waals surface area contributed by atoms with Gasteiger partial charge in [-0.3, -0.25) is 0 Å². The Balaban J connectivity index is 1.84. The summed E-state index contributed by atoms with van der Waals surface area (Å²) in [7, 11) is 0. The van der Waals surface area contributed by atoms with E-state index in [2.05, 4.69) is 99.6 Å². The first-order chi connectivity index (χ1) is 14.1. The minimum atomic E-state index is 1.13. The molecular weight excluding hydrogens is 348 g/mol. The van der Waals surface area contributed by atoms with Crippen LogP contribution in [-0.2, 0) is 6.42 Å². The molecule has 1 aliphatic carbocycles. The topological polar surface area (TPSA) is 0 Å². The van der Waals surface area contributed by atoms with Gasteiger partial charge in [-0.25, -0.2) is 0 Å². The molecule has 0 fully saturated rings. The fraction of sp³-hybridized carbons (Fsp3) is 0.172. The van der Waals surface area contributed by atoms with Crippen LogP contribution in [-0.4, -0.2) is 0 Å². The molecule has 142 valence electrons. The predicted octanol–water partition coefficient (Wildman–Crippen LogP) is 7.89. The molecule has 4 aromatic rings. The first-order valence-corrected chi connectivity index (χ1v) is 10.5. The van der Waals surface area contributed by atoms with Crippen LogP contribution in [0.2, 0.25) is 0 Å². The molecule has 0 unspecified atom stereocenters. The molecule has 5 rings (SSSR count). The van der Waals surface area contributed by atoms with Crippen molar-refractivity contribution < 1.29 is 0 Å². The molecule has 0 heterocycles. The SMILES string of the molecule is CC1=C(c2cc(-c3ccc(C)cc3)cc3cccc(C)c23)c2ccccc2CC1. The van der Waals surface area contributed by atoms with Crippen LogP contribution in [0.3, 0.4) is 0 Å². The van der Waals surface area contributed by atoms with Gasteiger partial charge < -0.3 is 0 Å². The summed E-state index contributed by atoms with van der Waals surface area (Å²) >= 11 is 0. The van der Waals surface area contributed by atoms with Crippen molar-refractivity contribution in [2.45, 2.75) is 33.6 Å². The highest BCUT2D eigenvalue weighted by molar-refractivity contribution is 6.03. The molecule has 0 amide bonds. The van der Waals surface area contributed by atoms with Gasteiger partial charge in [-0.2, -0.15) is 0 Å². The van der Waals surface area contributed by atoms with E-state index in [0.717, 1.165) is 12.8 Å². The van der Waals surface area contributed by atoms with Gasteiger partial charge in [0.1, 0.15) is 0 Å². The summed E-state index contributed by atoms with van der Waals surface area (Å²) in [4.78, 5) is 0. The van der Waals surface area contributed by atoms with Gasteiger partial charge in [0.25, 0.3) is 0 Å². The van der Waals surface area contributed by atoms with Crippen LogP contribution in [0.5, 0.6) is 0 Å². The van der Waals surface area contributed by atoms with Crippen LogP contribution in [0.4, 0.5) is 0 Å². The van der Waals surface area contributed by atoms with Gasteiger partial charge in [-0.1, -0.05) is 77.9 Å². The second-order valence-electron chi connectivity index (χ2n) is 8.38. The molecule has 0 aliphatic heterocycles. The average Bonchev–Trinajstić information content (AvgIpc) is 2.74. The van der Waals surface area contributed by atoms with Gasteiger partial charge in [0.15, 0.2) is 0 Å². The molecule has 0 bridgehead atoms. The van der Waals surface area contributed by atoms with Crippen molar-refractivity contribution >= 4 is 16.3 Å². The molecular formula is C29H26. The molecule has 29 heavy (non-hydrogen) atoms. The Bertz CT molecular complexity index is 1250. The fourth-order valence-electron chi connectivity index (χ4n) is 4.76. The van der Waals surface area contributed by atoms with Gasteiger partial charge in [0.2, 0.25) is 0 Å². The zero-order chi connectivity index (χ0) is 20.0. The summed E-state index contributed by atoms with van der Waals surface area (Å²) < 4.78 is 0. The summed E-state index contributed by atoms with van der Waals surface area (Å²) in [5.74, 6) is 0. The Morgan fingerprint density at radius 2 is 1.41 bits per heavy atom. The fourth-order valence-corrected chi connectivity index (χ4v) is 4.76. The van der Waals surface area contributed by atoms with E-state index in [1.54, 1.807) is 0 Å². The van der Waals surface area contributed by atoms with Gasteiger partial charge in [-0.05, 0) is 95.5 Å². The Morgan fingerprint density at radius 1 is 0.621 bits per heavy atom. The van der Waals surface area contributed by atoms with E-state index in [4.69, 9.17) is 0 Å². The van der Waals surface area contributed by atoms with Crippen LogP contribution >= 0.6 is 0 Å². The van der Waals surface area contributed by atoms with Crippen molar-refractivity contribution in [1.82, 2.24) is 0 Å². The highest BCUT2D eigenvalue weighted by atomic mass is 14.2. The number of aryl methyl sites for hydroxylation is 3. The van der Waals surface area contributed by atoms with Crippen LogP contribution in [0.15, 0.2) is 84.4 Å². The maximum Gasteiger partial charge on any atom is -0.00755 e. The highest BCUT2D eigenvalue weighted by Gasteiger charge is 2.20. The lowest BCUT2D eigenvalue weighted by Gasteiger charge is -2.24. The quantitative estimate of drug-likeness (QED) is 0.334. The predicted molar refractivity (Wildman–Crippen MR) is 125 cm³/mol. The maximum atomic E-state index is 2.42. The Kier molecular flexibility index (Phi) is 4.36. The Hall–Kier alpha value is -3.12. The van der Waals surface area contributed by atoms with E-state index >= 15 is 0 Å². The number of allylic oxidation sites excluding steroid dienone is 1. The zero-order valence-electron chi connectivity index (χ0n) is 17.4. The monoisotopic (exact) mass is 374 g/mol. The van der Waals surface area contributed by atoms with Crippen molar-refractivity contribution in [2.75, 3.05) is 0 Å². The summed E-state index contributed by atoms with van der Waals surface area (Å²) in [6.07, 6.45) is 2.27. The highest BCUT2D eigenvalue weighted by Crippen LogP contribution is 2.41. The van der Waals surface area contributed by atoms with Gasteiger partial charge in [0.05, 0.1) is 0 Å². The van der Waals surface area contributed by atoms with Crippen molar-refractivity contribution in [1.29, 1.82) is 0 Å². The smallest absolute Gasteiger partial charge is 0.00755 e. The summed E-state index contributed by atoms with van der Waals surface area (Å²) in [6, 6.07) is 29.3. The van der Waals surface area contributed by atoms with Crippen LogP contribution in [0.25, 0.3) is 27.5 Å². The van der Waals surface area contributed by atoms with Crippen molar-refractivity contribution in [3.05, 3.63) is 112 Å². The molecule has 0 nitrogen and oxygen atoms in total. The lowest BCUT2D eigenvalue weighted by Crippen LogP contribution is -2.05. The second kappa shape index (κ2) is 7.04. The first kappa shape index (κ1) is 17.9. The summed E-state index contributed by atoms with van der Waals surface area (Å²) in [6.45, 7) is 6.70. The third-order valence-electron chi connectivity index (χ3n) is 6.32. The van der Waals surface area contributed by atoms with E-state index in [1.807, 2.05) is 0 Å².